The summed E-state index contributed by atoms with van der Waals surface area (Å²) in [6.07, 6.45) is -0.203. The number of carboxylic acids is 1. The molecular formula is C11H14N2Na2O5S. The van der Waals surface area contributed by atoms with E-state index in [9.17, 15) is 22.9 Å². The van der Waals surface area contributed by atoms with Gasteiger partial charge in [-0.15, -0.1) is 0 Å². The summed E-state index contributed by atoms with van der Waals surface area (Å²) < 4.78 is 32.7. The summed E-state index contributed by atoms with van der Waals surface area (Å²) >= 11 is 0. The van der Waals surface area contributed by atoms with Gasteiger partial charge in [0.25, 0.3) is 0 Å². The molecule has 0 heterocycles. The second-order valence-corrected chi connectivity index (χ2v) is 5.56. The van der Waals surface area contributed by atoms with Crippen molar-refractivity contribution >= 4 is 21.8 Å². The Morgan fingerprint density at radius 3 is 2.38 bits per heavy atom. The summed E-state index contributed by atoms with van der Waals surface area (Å²) in [7, 11) is -4.52. The van der Waals surface area contributed by atoms with Crippen molar-refractivity contribution in [1.82, 2.24) is 5.43 Å². The fourth-order valence-electron chi connectivity index (χ4n) is 1.39. The number of carbonyl (C=O) groups is 1. The van der Waals surface area contributed by atoms with Gasteiger partial charge in [-0.25, -0.2) is 13.8 Å². The zero-order valence-corrected chi connectivity index (χ0v) is 17.3. The van der Waals surface area contributed by atoms with Crippen molar-refractivity contribution < 1.29 is 82.0 Å². The summed E-state index contributed by atoms with van der Waals surface area (Å²) in [5.74, 6) is -1.20. The molecule has 106 valence electrons. The minimum Gasteiger partial charge on any atom is -0.744 e. The fourth-order valence-corrected chi connectivity index (χ4v) is 1.89. The molecule has 0 aromatic heterocycles. The maximum absolute atomic E-state index is 10.9. The van der Waals surface area contributed by atoms with Crippen LogP contribution < -0.4 is 75.1 Å². The van der Waals surface area contributed by atoms with E-state index in [0.717, 1.165) is 0 Å². The van der Waals surface area contributed by atoms with E-state index >= 15 is 0 Å². The Morgan fingerprint density at radius 2 is 1.90 bits per heavy atom. The van der Waals surface area contributed by atoms with Crippen molar-refractivity contribution in [3.05, 3.63) is 23.8 Å². The largest absolute Gasteiger partial charge is 1.00 e. The van der Waals surface area contributed by atoms with Crippen molar-refractivity contribution in [2.45, 2.75) is 31.2 Å². The molecule has 2 N–H and O–H groups in total. The van der Waals surface area contributed by atoms with Gasteiger partial charge in [0, 0.05) is 18.4 Å². The zero-order chi connectivity index (χ0) is 14.6. The number of rotatable bonds is 6. The first-order chi connectivity index (χ1) is 8.70. The first-order valence-corrected chi connectivity index (χ1v) is 6.89. The standard InChI is InChI=1S/C11H16N2O5S.2Na/c1-7-3-4-9(19(16,17)18)6-10(7)13-12-8(2)5-11(14)15;;/h3-4,6,8,12-13H,5H2,1-2H3,(H,14,15)(H,16,17,18);;/q;2*+1/p-2. The van der Waals surface area contributed by atoms with Crippen LogP contribution in [0.5, 0.6) is 0 Å². The van der Waals surface area contributed by atoms with Crippen molar-refractivity contribution in [2.24, 2.45) is 0 Å². The average molecular weight is 332 g/mol. The van der Waals surface area contributed by atoms with E-state index in [-0.39, 0.29) is 70.4 Å². The van der Waals surface area contributed by atoms with Gasteiger partial charge < -0.3 is 19.9 Å². The van der Waals surface area contributed by atoms with E-state index in [1.165, 1.54) is 18.2 Å². The monoisotopic (exact) mass is 332 g/mol. The number of carboxylic acid groups (broad SMARTS) is 1. The first-order valence-electron chi connectivity index (χ1n) is 5.48. The second kappa shape index (κ2) is 10.2. The molecule has 1 aromatic carbocycles. The van der Waals surface area contributed by atoms with Crippen LogP contribution in [0.15, 0.2) is 23.1 Å². The van der Waals surface area contributed by atoms with Gasteiger partial charge in [-0.05, 0) is 31.5 Å². The average Bonchev–Trinajstić information content (AvgIpc) is 2.25. The molecule has 0 amide bonds. The second-order valence-electron chi connectivity index (χ2n) is 4.18. The summed E-state index contributed by atoms with van der Waals surface area (Å²) in [5.41, 5.74) is 6.47. The number of aryl methyl sites for hydroxylation is 1. The third-order valence-electron chi connectivity index (χ3n) is 2.42. The molecule has 0 spiro atoms. The predicted molar refractivity (Wildman–Crippen MR) is 65.0 cm³/mol. The molecule has 1 aromatic rings. The SMILES string of the molecule is Cc1ccc(S(=O)(=O)[O-])cc1NNC(C)CC(=O)[O-].[Na+].[Na+]. The van der Waals surface area contributed by atoms with Crippen LogP contribution in [0.3, 0.4) is 0 Å². The Morgan fingerprint density at radius 1 is 1.33 bits per heavy atom. The van der Waals surface area contributed by atoms with Crippen molar-refractivity contribution in [2.75, 3.05) is 5.43 Å². The number of hydrazine groups is 1. The van der Waals surface area contributed by atoms with E-state index in [2.05, 4.69) is 10.9 Å². The number of carbonyl (C=O) groups excluding carboxylic acids is 1. The number of hydrogen-bond acceptors (Lipinski definition) is 7. The molecule has 1 unspecified atom stereocenters. The van der Waals surface area contributed by atoms with Gasteiger partial charge in [0.15, 0.2) is 0 Å². The number of anilines is 1. The van der Waals surface area contributed by atoms with Crippen LogP contribution in [0.2, 0.25) is 0 Å². The smallest absolute Gasteiger partial charge is 0.744 e. The molecule has 0 fully saturated rings. The van der Waals surface area contributed by atoms with Crippen LogP contribution >= 0.6 is 0 Å². The molecule has 0 saturated carbocycles. The molecule has 0 aliphatic carbocycles. The van der Waals surface area contributed by atoms with E-state index in [1.54, 1.807) is 13.8 Å². The Labute approximate surface area is 168 Å². The van der Waals surface area contributed by atoms with Gasteiger partial charge in [0.1, 0.15) is 10.1 Å². The van der Waals surface area contributed by atoms with Gasteiger partial charge in [0.2, 0.25) is 0 Å². The maximum atomic E-state index is 10.9. The zero-order valence-electron chi connectivity index (χ0n) is 12.5. The normalized spacial score (nSPS) is 11.8. The van der Waals surface area contributed by atoms with Crippen LogP contribution in [-0.2, 0) is 14.9 Å². The minimum atomic E-state index is -4.52. The Hall–Kier alpha value is 0.360. The van der Waals surface area contributed by atoms with Gasteiger partial charge in [-0.3, -0.25) is 0 Å². The molecular weight excluding hydrogens is 318 g/mol. The Kier molecular flexibility index (Phi) is 11.5. The van der Waals surface area contributed by atoms with Gasteiger partial charge in [-0.2, -0.15) is 0 Å². The quantitative estimate of drug-likeness (QED) is 0.302. The molecule has 0 aliphatic heterocycles. The number of nitrogens with one attached hydrogen (secondary N) is 2. The van der Waals surface area contributed by atoms with Crippen LogP contribution in [0.1, 0.15) is 18.9 Å². The molecule has 1 rings (SSSR count). The number of aliphatic carboxylic acids is 1. The van der Waals surface area contributed by atoms with E-state index in [4.69, 9.17) is 0 Å². The summed E-state index contributed by atoms with van der Waals surface area (Å²) in [5, 5.41) is 10.4. The number of benzene rings is 1. The molecule has 7 nitrogen and oxygen atoms in total. The van der Waals surface area contributed by atoms with Crippen molar-refractivity contribution in [1.29, 1.82) is 0 Å². The summed E-state index contributed by atoms with van der Waals surface area (Å²) in [6, 6.07) is 3.47. The van der Waals surface area contributed by atoms with Gasteiger partial charge >= 0.3 is 59.1 Å². The molecule has 0 bridgehead atoms. The van der Waals surface area contributed by atoms with E-state index in [1.807, 2.05) is 0 Å². The molecule has 0 saturated heterocycles. The first kappa shape index (κ1) is 23.6. The fraction of sp³-hybridized carbons (Fsp3) is 0.364. The molecule has 10 heteroatoms. The van der Waals surface area contributed by atoms with Crippen LogP contribution in [0, 0.1) is 6.92 Å². The molecule has 1 atom stereocenters. The predicted octanol–water partition coefficient (Wildman–Crippen LogP) is -6.65. The van der Waals surface area contributed by atoms with Crippen molar-refractivity contribution in [3.63, 3.8) is 0 Å². The minimum absolute atomic E-state index is 0. The van der Waals surface area contributed by atoms with Crippen LogP contribution in [-0.4, -0.2) is 25.0 Å². The van der Waals surface area contributed by atoms with Crippen LogP contribution in [0.25, 0.3) is 0 Å². The third kappa shape index (κ3) is 8.53. The van der Waals surface area contributed by atoms with Crippen LogP contribution in [0.4, 0.5) is 5.69 Å². The third-order valence-corrected chi connectivity index (χ3v) is 3.26. The molecule has 21 heavy (non-hydrogen) atoms. The number of hydrogen-bond donors (Lipinski definition) is 2. The van der Waals surface area contributed by atoms with E-state index < -0.39 is 22.1 Å². The van der Waals surface area contributed by atoms with Crippen molar-refractivity contribution in [3.8, 4) is 0 Å². The Balaban J connectivity index is 0. The summed E-state index contributed by atoms with van der Waals surface area (Å²) in [4.78, 5) is 10.0. The van der Waals surface area contributed by atoms with Gasteiger partial charge in [0.05, 0.1) is 10.6 Å². The Bertz CT molecular complexity index is 580. The topological polar surface area (TPSA) is 121 Å². The van der Waals surface area contributed by atoms with E-state index in [0.29, 0.717) is 11.3 Å². The maximum Gasteiger partial charge on any atom is 1.00 e. The molecule has 0 aliphatic rings. The van der Waals surface area contributed by atoms with Gasteiger partial charge in [-0.1, -0.05) is 6.07 Å². The summed E-state index contributed by atoms with van der Waals surface area (Å²) in [6.45, 7) is 3.33. The molecule has 0 radical (unpaired) electrons.